The van der Waals surface area contributed by atoms with E-state index < -0.39 is 0 Å². The van der Waals surface area contributed by atoms with Crippen molar-refractivity contribution in [3.8, 4) is 0 Å². The number of aryl methyl sites for hydroxylation is 1. The van der Waals surface area contributed by atoms with E-state index in [2.05, 4.69) is 25.8 Å². The molecule has 5 heteroatoms. The monoisotopic (exact) mass is 310 g/mol. The smallest absolute Gasteiger partial charge is 0.222 e. The van der Waals surface area contributed by atoms with Gasteiger partial charge in [0.1, 0.15) is 0 Å². The molecule has 2 atom stereocenters. The Balaban J connectivity index is 1.28. The van der Waals surface area contributed by atoms with Crippen molar-refractivity contribution in [3.63, 3.8) is 0 Å². The standard InChI is InChI=1S/C18H22N4O/c23-18(6-5-14-3-1-7-19-9-14)22-11-15-10-21(17(15)13-22)12-16-4-2-8-20-16/h1-4,7-9,15,17,20H,5-6,10-13H2/t15-,17+/m0/s1. The van der Waals surface area contributed by atoms with Gasteiger partial charge < -0.3 is 9.88 Å². The maximum Gasteiger partial charge on any atom is 0.222 e. The molecule has 120 valence electrons. The van der Waals surface area contributed by atoms with Gasteiger partial charge in [0.2, 0.25) is 5.91 Å². The number of carbonyl (C=O) groups excluding carboxylic acids is 1. The van der Waals surface area contributed by atoms with Crippen LogP contribution in [0.1, 0.15) is 17.7 Å². The largest absolute Gasteiger partial charge is 0.364 e. The number of hydrogen-bond acceptors (Lipinski definition) is 3. The Bertz CT molecular complexity index is 655. The Morgan fingerprint density at radius 2 is 2.22 bits per heavy atom. The maximum absolute atomic E-state index is 12.4. The van der Waals surface area contributed by atoms with E-state index in [1.165, 1.54) is 5.69 Å². The first-order chi connectivity index (χ1) is 11.3. The molecule has 0 saturated carbocycles. The van der Waals surface area contributed by atoms with Crippen LogP contribution in [0.5, 0.6) is 0 Å². The van der Waals surface area contributed by atoms with Gasteiger partial charge in [-0.25, -0.2) is 0 Å². The van der Waals surface area contributed by atoms with Crippen LogP contribution in [0.15, 0.2) is 42.9 Å². The quantitative estimate of drug-likeness (QED) is 0.914. The van der Waals surface area contributed by atoms with Crippen molar-refractivity contribution in [3.05, 3.63) is 54.1 Å². The van der Waals surface area contributed by atoms with Crippen molar-refractivity contribution in [1.82, 2.24) is 19.8 Å². The first kappa shape index (κ1) is 14.5. The average Bonchev–Trinajstić information content (AvgIpc) is 3.19. The summed E-state index contributed by atoms with van der Waals surface area (Å²) in [4.78, 5) is 24.3. The number of nitrogens with zero attached hydrogens (tertiary/aromatic N) is 3. The highest BCUT2D eigenvalue weighted by atomic mass is 16.2. The lowest BCUT2D eigenvalue weighted by Crippen LogP contribution is -2.54. The Labute approximate surface area is 136 Å². The summed E-state index contributed by atoms with van der Waals surface area (Å²) >= 11 is 0. The van der Waals surface area contributed by atoms with E-state index in [1.54, 1.807) is 6.20 Å². The number of fused-ring (bicyclic) bond motifs is 1. The van der Waals surface area contributed by atoms with E-state index in [0.29, 0.717) is 18.4 Å². The second-order valence-corrected chi connectivity index (χ2v) is 6.61. The van der Waals surface area contributed by atoms with Crippen LogP contribution in [0.2, 0.25) is 0 Å². The van der Waals surface area contributed by atoms with Crippen LogP contribution in [-0.2, 0) is 17.8 Å². The number of H-pyrrole nitrogens is 1. The molecule has 2 aliphatic heterocycles. The number of aromatic nitrogens is 2. The first-order valence-electron chi connectivity index (χ1n) is 8.32. The molecule has 0 aromatic carbocycles. The number of hydrogen-bond donors (Lipinski definition) is 1. The summed E-state index contributed by atoms with van der Waals surface area (Å²) < 4.78 is 0. The van der Waals surface area contributed by atoms with Gasteiger partial charge in [0, 0.05) is 68.8 Å². The zero-order valence-corrected chi connectivity index (χ0v) is 13.2. The molecule has 0 aliphatic carbocycles. The number of carbonyl (C=O) groups is 1. The van der Waals surface area contributed by atoms with E-state index in [1.807, 2.05) is 30.6 Å². The van der Waals surface area contributed by atoms with Crippen molar-refractivity contribution >= 4 is 5.91 Å². The molecule has 2 saturated heterocycles. The van der Waals surface area contributed by atoms with Gasteiger partial charge in [0.15, 0.2) is 0 Å². The van der Waals surface area contributed by atoms with Gasteiger partial charge in [-0.15, -0.1) is 0 Å². The Morgan fingerprint density at radius 1 is 1.26 bits per heavy atom. The number of aromatic amines is 1. The third-order valence-corrected chi connectivity index (χ3v) is 5.08. The molecule has 0 unspecified atom stereocenters. The minimum absolute atomic E-state index is 0.281. The molecule has 2 aromatic rings. The number of amides is 1. The molecule has 0 spiro atoms. The lowest BCUT2D eigenvalue weighted by molar-refractivity contribution is -0.130. The third kappa shape index (κ3) is 3.01. The van der Waals surface area contributed by atoms with Crippen LogP contribution in [0, 0.1) is 5.92 Å². The molecular weight excluding hydrogens is 288 g/mol. The van der Waals surface area contributed by atoms with Crippen molar-refractivity contribution in [2.45, 2.75) is 25.4 Å². The van der Waals surface area contributed by atoms with Gasteiger partial charge in [0.25, 0.3) is 0 Å². The third-order valence-electron chi connectivity index (χ3n) is 5.08. The van der Waals surface area contributed by atoms with E-state index >= 15 is 0 Å². The van der Waals surface area contributed by atoms with Crippen LogP contribution < -0.4 is 0 Å². The minimum Gasteiger partial charge on any atom is -0.364 e. The molecule has 4 rings (SSSR count). The maximum atomic E-state index is 12.4. The zero-order valence-electron chi connectivity index (χ0n) is 13.2. The summed E-state index contributed by atoms with van der Waals surface area (Å²) in [6.07, 6.45) is 6.95. The molecule has 4 heterocycles. The molecule has 0 radical (unpaired) electrons. The van der Waals surface area contributed by atoms with Crippen LogP contribution in [-0.4, -0.2) is 51.4 Å². The molecular formula is C18H22N4O. The highest BCUT2D eigenvalue weighted by molar-refractivity contribution is 5.77. The molecule has 1 N–H and O–H groups in total. The summed E-state index contributed by atoms with van der Waals surface area (Å²) in [5.41, 5.74) is 2.39. The zero-order chi connectivity index (χ0) is 15.6. The van der Waals surface area contributed by atoms with Gasteiger partial charge in [-0.1, -0.05) is 6.07 Å². The fourth-order valence-corrected chi connectivity index (χ4v) is 3.77. The van der Waals surface area contributed by atoms with Gasteiger partial charge in [0.05, 0.1) is 0 Å². The summed E-state index contributed by atoms with van der Waals surface area (Å²) in [7, 11) is 0. The minimum atomic E-state index is 0.281. The van der Waals surface area contributed by atoms with Gasteiger partial charge in [-0.3, -0.25) is 14.7 Å². The van der Waals surface area contributed by atoms with E-state index in [-0.39, 0.29) is 5.91 Å². The van der Waals surface area contributed by atoms with Crippen molar-refractivity contribution in [2.24, 2.45) is 5.92 Å². The van der Waals surface area contributed by atoms with Gasteiger partial charge in [-0.05, 0) is 30.2 Å². The number of likely N-dealkylation sites (tertiary alicyclic amines) is 2. The van der Waals surface area contributed by atoms with Crippen LogP contribution in [0.3, 0.4) is 0 Å². The summed E-state index contributed by atoms with van der Waals surface area (Å²) in [6, 6.07) is 8.66. The SMILES string of the molecule is O=C(CCc1cccnc1)N1C[C@@H]2CN(Cc3ccc[nH]3)[C@@H]2C1. The molecule has 5 nitrogen and oxygen atoms in total. The Kier molecular flexibility index (Phi) is 3.87. The highest BCUT2D eigenvalue weighted by Gasteiger charge is 2.46. The molecule has 0 bridgehead atoms. The second-order valence-electron chi connectivity index (χ2n) is 6.61. The first-order valence-corrected chi connectivity index (χ1v) is 8.32. The second kappa shape index (κ2) is 6.16. The van der Waals surface area contributed by atoms with Crippen LogP contribution >= 0.6 is 0 Å². The van der Waals surface area contributed by atoms with Crippen molar-refractivity contribution in [2.75, 3.05) is 19.6 Å². The number of pyridine rings is 1. The normalized spacial score (nSPS) is 23.6. The molecule has 23 heavy (non-hydrogen) atoms. The van der Waals surface area contributed by atoms with Crippen molar-refractivity contribution < 1.29 is 4.79 Å². The van der Waals surface area contributed by atoms with E-state index in [0.717, 1.165) is 38.2 Å². The van der Waals surface area contributed by atoms with Gasteiger partial charge >= 0.3 is 0 Å². The molecule has 1 amide bonds. The Morgan fingerprint density at radius 3 is 3.00 bits per heavy atom. The Hall–Kier alpha value is -2.14. The highest BCUT2D eigenvalue weighted by Crippen LogP contribution is 2.33. The fourth-order valence-electron chi connectivity index (χ4n) is 3.77. The molecule has 2 fully saturated rings. The van der Waals surface area contributed by atoms with E-state index in [9.17, 15) is 4.79 Å². The topological polar surface area (TPSA) is 52.2 Å². The molecule has 2 aromatic heterocycles. The summed E-state index contributed by atoms with van der Waals surface area (Å²) in [6.45, 7) is 3.89. The number of nitrogens with one attached hydrogen (secondary N) is 1. The predicted octanol–water partition coefficient (Wildman–Crippen LogP) is 1.69. The predicted molar refractivity (Wildman–Crippen MR) is 87.6 cm³/mol. The van der Waals surface area contributed by atoms with Gasteiger partial charge in [-0.2, -0.15) is 0 Å². The van der Waals surface area contributed by atoms with Crippen molar-refractivity contribution in [1.29, 1.82) is 0 Å². The summed E-state index contributed by atoms with van der Waals surface area (Å²) in [5, 5.41) is 0. The van der Waals surface area contributed by atoms with Crippen LogP contribution in [0.4, 0.5) is 0 Å². The molecule has 2 aliphatic rings. The van der Waals surface area contributed by atoms with E-state index in [4.69, 9.17) is 0 Å². The fraction of sp³-hybridized carbons (Fsp3) is 0.444. The van der Waals surface area contributed by atoms with Crippen LogP contribution in [0.25, 0.3) is 0 Å². The lowest BCUT2D eigenvalue weighted by Gasteiger charge is -2.43. The number of rotatable bonds is 5. The summed E-state index contributed by atoms with van der Waals surface area (Å²) in [5.74, 6) is 0.940. The average molecular weight is 310 g/mol. The lowest BCUT2D eigenvalue weighted by atomic mass is 9.92.